The predicted molar refractivity (Wildman–Crippen MR) is 109 cm³/mol. The van der Waals surface area contributed by atoms with Gasteiger partial charge >= 0.3 is 0 Å². The van der Waals surface area contributed by atoms with Gasteiger partial charge in [-0.3, -0.25) is 0 Å². The number of hydrogen-bond donors (Lipinski definition) is 2. The van der Waals surface area contributed by atoms with Crippen LogP contribution >= 0.6 is 0 Å². The molecule has 1 aliphatic carbocycles. The molecule has 4 bridgehead atoms. The normalized spacial score (nSPS) is 32.1. The van der Waals surface area contributed by atoms with Crippen LogP contribution in [-0.2, 0) is 36.9 Å². The first kappa shape index (κ1) is 21.6. The summed E-state index contributed by atoms with van der Waals surface area (Å²) in [7, 11) is 3.20. The lowest BCUT2D eigenvalue weighted by Crippen LogP contribution is -2.81. The molecule has 0 aromatic heterocycles. The molecule has 1 saturated carbocycles. The van der Waals surface area contributed by atoms with Gasteiger partial charge in [0.2, 0.25) is 5.79 Å². The molecule has 9 heteroatoms. The van der Waals surface area contributed by atoms with Crippen LogP contribution in [0, 0.1) is 0 Å². The minimum atomic E-state index is -2.29. The van der Waals surface area contributed by atoms with Gasteiger partial charge in [-0.15, -0.1) is 0 Å². The average molecular weight is 446 g/mol. The van der Waals surface area contributed by atoms with Crippen molar-refractivity contribution in [2.24, 2.45) is 0 Å². The highest BCUT2D eigenvalue weighted by Crippen LogP contribution is 2.46. The maximum Gasteiger partial charge on any atom is 0.273 e. The van der Waals surface area contributed by atoms with E-state index in [1.165, 1.54) is 0 Å². The molecule has 3 aliphatic heterocycles. The molecule has 6 atom stereocenters. The third-order valence-corrected chi connectivity index (χ3v) is 6.07. The van der Waals surface area contributed by atoms with Crippen LogP contribution in [0.5, 0.6) is 11.5 Å². The van der Waals surface area contributed by atoms with Crippen LogP contribution in [0.4, 0.5) is 0 Å². The molecule has 2 N–H and O–H groups in total. The topological polar surface area (TPSA) is 105 Å². The summed E-state index contributed by atoms with van der Waals surface area (Å²) < 4.78 is 39.4. The molecule has 2 aromatic carbocycles. The second kappa shape index (κ2) is 8.60. The Kier molecular flexibility index (Phi) is 5.81. The fourth-order valence-corrected chi connectivity index (χ4v) is 4.34. The first-order valence-corrected chi connectivity index (χ1v) is 10.4. The number of ether oxygens (including phenoxy) is 7. The molecule has 3 heterocycles. The van der Waals surface area contributed by atoms with Crippen LogP contribution in [0.2, 0.25) is 0 Å². The predicted octanol–water partition coefficient (Wildman–Crippen LogP) is 1.34. The third-order valence-electron chi connectivity index (χ3n) is 6.07. The lowest BCUT2D eigenvalue weighted by atomic mass is 9.79. The molecule has 0 radical (unpaired) electrons. The molecule has 6 rings (SSSR count). The van der Waals surface area contributed by atoms with Crippen LogP contribution in [0.15, 0.2) is 48.5 Å². The first-order valence-electron chi connectivity index (χ1n) is 10.4. The molecule has 3 saturated heterocycles. The van der Waals surface area contributed by atoms with Crippen LogP contribution in [0.25, 0.3) is 0 Å². The van der Waals surface area contributed by atoms with Crippen molar-refractivity contribution < 1.29 is 43.4 Å². The van der Waals surface area contributed by atoms with Crippen molar-refractivity contribution in [3.8, 4) is 11.5 Å². The molecule has 9 nitrogen and oxygen atoms in total. The average Bonchev–Trinajstić information content (AvgIpc) is 2.82. The van der Waals surface area contributed by atoms with Gasteiger partial charge in [0, 0.05) is 0 Å². The largest absolute Gasteiger partial charge is 0.497 e. The number of rotatable bonds is 8. The van der Waals surface area contributed by atoms with Gasteiger partial charge in [-0.05, 0) is 35.4 Å². The van der Waals surface area contributed by atoms with E-state index >= 15 is 0 Å². The summed E-state index contributed by atoms with van der Waals surface area (Å²) in [6.45, 7) is -0.526. The van der Waals surface area contributed by atoms with Crippen molar-refractivity contribution in [3.63, 3.8) is 0 Å². The molecule has 4 fully saturated rings. The second-order valence-corrected chi connectivity index (χ2v) is 8.03. The Morgan fingerprint density at radius 1 is 0.719 bits per heavy atom. The third kappa shape index (κ3) is 3.86. The highest BCUT2D eigenvalue weighted by molar-refractivity contribution is 5.27. The summed E-state index contributed by atoms with van der Waals surface area (Å²) in [6, 6.07) is 14.8. The number of methoxy groups -OCH3 is 2. The van der Waals surface area contributed by atoms with Gasteiger partial charge in [0.15, 0.2) is 0 Å². The van der Waals surface area contributed by atoms with Crippen molar-refractivity contribution >= 4 is 0 Å². The standard InChI is InChI=1S/C23H26O9/c1-26-15-7-3-13(4-8-15)11-28-18-17-19(29-12-14-5-9-16(27-2)10-6-14)21-23(24,25)20(18)31-22(30-17)32-21/h3-10,17-22,24-25H,11-12H2,1-2H3/t17?,18-,19+,20+,21-,22?. The van der Waals surface area contributed by atoms with E-state index in [0.29, 0.717) is 0 Å². The Morgan fingerprint density at radius 2 is 1.16 bits per heavy atom. The van der Waals surface area contributed by atoms with E-state index in [1.807, 2.05) is 48.5 Å². The molecule has 2 aromatic rings. The Bertz CT molecular complexity index is 843. The van der Waals surface area contributed by atoms with E-state index in [2.05, 4.69) is 0 Å². The Morgan fingerprint density at radius 3 is 1.56 bits per heavy atom. The minimum Gasteiger partial charge on any atom is -0.497 e. The zero-order chi connectivity index (χ0) is 22.3. The van der Waals surface area contributed by atoms with E-state index in [9.17, 15) is 10.2 Å². The SMILES string of the molecule is COc1ccc(CO[C@@H]2C3OC4O[C@H]([C@H]3OCc3ccc(OC)cc3)C(O)(O)[C@H]2O4)cc1. The van der Waals surface area contributed by atoms with Gasteiger partial charge in [0.1, 0.15) is 42.0 Å². The van der Waals surface area contributed by atoms with Gasteiger partial charge in [0.05, 0.1) is 27.4 Å². The molecule has 32 heavy (non-hydrogen) atoms. The zero-order valence-corrected chi connectivity index (χ0v) is 17.7. The van der Waals surface area contributed by atoms with Gasteiger partial charge < -0.3 is 43.4 Å². The Hall–Kier alpha value is -2.24. The highest BCUT2D eigenvalue weighted by atomic mass is 16.9. The molecule has 0 spiro atoms. The number of aliphatic hydroxyl groups is 2. The van der Waals surface area contributed by atoms with Gasteiger partial charge in [-0.1, -0.05) is 24.3 Å². The van der Waals surface area contributed by atoms with E-state index in [0.717, 1.165) is 22.6 Å². The lowest BCUT2D eigenvalue weighted by Gasteiger charge is -2.60. The summed E-state index contributed by atoms with van der Waals surface area (Å²) >= 11 is 0. The Balaban J connectivity index is 1.31. The van der Waals surface area contributed by atoms with E-state index in [4.69, 9.17) is 33.2 Å². The van der Waals surface area contributed by atoms with Crippen molar-refractivity contribution in [3.05, 3.63) is 59.7 Å². The van der Waals surface area contributed by atoms with E-state index < -0.39 is 42.8 Å². The lowest BCUT2D eigenvalue weighted by molar-refractivity contribution is -0.532. The second-order valence-electron chi connectivity index (χ2n) is 8.03. The summed E-state index contributed by atoms with van der Waals surface area (Å²) in [5, 5.41) is 21.6. The van der Waals surface area contributed by atoms with E-state index in [1.54, 1.807) is 14.2 Å². The van der Waals surface area contributed by atoms with Crippen LogP contribution in [0.1, 0.15) is 11.1 Å². The molecule has 2 unspecified atom stereocenters. The quantitative estimate of drug-likeness (QED) is 0.581. The summed E-state index contributed by atoms with van der Waals surface area (Å²) in [6.07, 6.45) is -4.15. The monoisotopic (exact) mass is 446 g/mol. The maximum atomic E-state index is 10.8. The Labute approximate surface area is 185 Å². The molecular weight excluding hydrogens is 420 g/mol. The minimum absolute atomic E-state index is 0.228. The molecular formula is C23H26O9. The van der Waals surface area contributed by atoms with Crippen molar-refractivity contribution in [1.82, 2.24) is 0 Å². The molecule has 4 aliphatic rings. The maximum absolute atomic E-state index is 10.8. The fraction of sp³-hybridized carbons (Fsp3) is 0.478. The van der Waals surface area contributed by atoms with Crippen molar-refractivity contribution in [2.75, 3.05) is 14.2 Å². The number of hydrogen-bond acceptors (Lipinski definition) is 9. The van der Waals surface area contributed by atoms with Gasteiger partial charge in [0.25, 0.3) is 6.48 Å². The van der Waals surface area contributed by atoms with Gasteiger partial charge in [-0.2, -0.15) is 0 Å². The van der Waals surface area contributed by atoms with Gasteiger partial charge in [-0.25, -0.2) is 0 Å². The van der Waals surface area contributed by atoms with Crippen LogP contribution in [0.3, 0.4) is 0 Å². The summed E-state index contributed by atoms with van der Waals surface area (Å²) in [5.74, 6) is -0.806. The smallest absolute Gasteiger partial charge is 0.273 e. The summed E-state index contributed by atoms with van der Waals surface area (Å²) in [5.41, 5.74) is 1.79. The number of benzene rings is 2. The highest BCUT2D eigenvalue weighted by Gasteiger charge is 2.69. The van der Waals surface area contributed by atoms with Crippen LogP contribution < -0.4 is 9.47 Å². The fourth-order valence-electron chi connectivity index (χ4n) is 4.34. The van der Waals surface area contributed by atoms with Crippen LogP contribution in [-0.4, -0.2) is 67.2 Å². The zero-order valence-electron chi connectivity index (χ0n) is 17.7. The van der Waals surface area contributed by atoms with Crippen molar-refractivity contribution in [2.45, 2.75) is 56.0 Å². The first-order chi connectivity index (χ1) is 15.5. The summed E-state index contributed by atoms with van der Waals surface area (Å²) in [4.78, 5) is 0. The van der Waals surface area contributed by atoms with Crippen molar-refractivity contribution in [1.29, 1.82) is 0 Å². The molecule has 172 valence electrons. The van der Waals surface area contributed by atoms with E-state index in [-0.39, 0.29) is 13.2 Å². The molecule has 0 amide bonds.